The molecule has 0 spiro atoms. The zero-order valence-corrected chi connectivity index (χ0v) is 18.4. The highest BCUT2D eigenvalue weighted by Gasteiger charge is 2.28. The summed E-state index contributed by atoms with van der Waals surface area (Å²) in [4.78, 5) is 9.38. The quantitative estimate of drug-likeness (QED) is 0.517. The van der Waals surface area contributed by atoms with Crippen LogP contribution in [-0.2, 0) is 21.3 Å². The highest BCUT2D eigenvalue weighted by molar-refractivity contribution is 7.89. The number of guanidine groups is 1. The zero-order chi connectivity index (χ0) is 19.9. The van der Waals surface area contributed by atoms with Crippen molar-refractivity contribution >= 4 is 27.3 Å². The Morgan fingerprint density at radius 1 is 1.30 bits per heavy atom. The number of hydrogen-bond donors (Lipinski definition) is 1. The van der Waals surface area contributed by atoms with E-state index >= 15 is 0 Å². The Kier molecular flexibility index (Phi) is 8.53. The molecule has 0 radical (unpaired) electrons. The van der Waals surface area contributed by atoms with Crippen molar-refractivity contribution in [3.05, 3.63) is 21.9 Å². The number of aryl methyl sites for hydroxylation is 1. The summed E-state index contributed by atoms with van der Waals surface area (Å²) in [6, 6.07) is 4.21. The van der Waals surface area contributed by atoms with Crippen molar-refractivity contribution in [3.63, 3.8) is 0 Å². The molecular weight excluding hydrogens is 384 g/mol. The summed E-state index contributed by atoms with van der Waals surface area (Å²) < 4.78 is 31.9. The Morgan fingerprint density at radius 3 is 2.56 bits per heavy atom. The van der Waals surface area contributed by atoms with E-state index in [2.05, 4.69) is 29.3 Å². The van der Waals surface area contributed by atoms with E-state index in [9.17, 15) is 8.42 Å². The van der Waals surface area contributed by atoms with Gasteiger partial charge < -0.3 is 15.0 Å². The number of nitrogens with one attached hydrogen (secondary N) is 1. The van der Waals surface area contributed by atoms with Crippen molar-refractivity contribution in [2.24, 2.45) is 4.99 Å². The van der Waals surface area contributed by atoms with Crippen molar-refractivity contribution in [2.45, 2.75) is 40.3 Å². The molecule has 1 aromatic heterocycles. The highest BCUT2D eigenvalue weighted by atomic mass is 32.2. The van der Waals surface area contributed by atoms with Gasteiger partial charge in [-0.15, -0.1) is 11.3 Å². The molecule has 0 unspecified atom stereocenters. The van der Waals surface area contributed by atoms with Crippen LogP contribution >= 0.6 is 11.3 Å². The van der Waals surface area contributed by atoms with Crippen LogP contribution in [0.1, 0.15) is 30.5 Å². The minimum Gasteiger partial charge on any atom is -0.378 e. The second-order valence-electron chi connectivity index (χ2n) is 6.80. The maximum Gasteiger partial charge on any atom is 0.216 e. The van der Waals surface area contributed by atoms with Gasteiger partial charge in [0.05, 0.1) is 25.0 Å². The van der Waals surface area contributed by atoms with Crippen molar-refractivity contribution < 1.29 is 13.2 Å². The molecule has 27 heavy (non-hydrogen) atoms. The van der Waals surface area contributed by atoms with E-state index in [0.717, 1.165) is 12.5 Å². The number of sulfonamides is 1. The molecule has 2 heterocycles. The lowest BCUT2D eigenvalue weighted by atomic mass is 10.4. The summed E-state index contributed by atoms with van der Waals surface area (Å²) in [6.07, 6.45) is 0.0445. The second kappa shape index (κ2) is 10.4. The van der Waals surface area contributed by atoms with E-state index in [0.29, 0.717) is 32.7 Å². The first-order valence-electron chi connectivity index (χ1n) is 9.50. The average molecular weight is 417 g/mol. The van der Waals surface area contributed by atoms with Gasteiger partial charge in [0.15, 0.2) is 5.96 Å². The molecule has 0 bridgehead atoms. The molecule has 154 valence electrons. The van der Waals surface area contributed by atoms with Gasteiger partial charge in [0.2, 0.25) is 10.0 Å². The molecule has 0 aliphatic carbocycles. The topological polar surface area (TPSA) is 74.2 Å². The summed E-state index contributed by atoms with van der Waals surface area (Å²) in [6.45, 7) is 11.9. The molecule has 0 amide bonds. The van der Waals surface area contributed by atoms with E-state index in [4.69, 9.17) is 9.73 Å². The predicted octanol–water partition coefficient (Wildman–Crippen LogP) is 1.89. The average Bonchev–Trinajstić information content (AvgIpc) is 3.03. The number of aliphatic imine (C=N–C) groups is 1. The lowest BCUT2D eigenvalue weighted by molar-refractivity contribution is 0.0904. The summed E-state index contributed by atoms with van der Waals surface area (Å²) >= 11 is 1.75. The fraction of sp³-hybridized carbons (Fsp3) is 0.722. The Hall–Kier alpha value is -1.16. The molecule has 1 fully saturated rings. The van der Waals surface area contributed by atoms with Crippen LogP contribution in [0.15, 0.2) is 17.1 Å². The minimum atomic E-state index is -3.27. The maximum atomic E-state index is 12.5. The van der Waals surface area contributed by atoms with Crippen molar-refractivity contribution in [2.75, 3.05) is 45.1 Å². The number of rotatable bonds is 8. The van der Waals surface area contributed by atoms with Gasteiger partial charge in [-0.3, -0.25) is 0 Å². The van der Waals surface area contributed by atoms with Crippen LogP contribution in [0.25, 0.3) is 0 Å². The third kappa shape index (κ3) is 7.06. The Bertz CT molecular complexity index is 708. The first-order chi connectivity index (χ1) is 12.8. The second-order valence-corrected chi connectivity index (χ2v) is 10.3. The molecule has 7 nitrogen and oxygen atoms in total. The fourth-order valence-electron chi connectivity index (χ4n) is 2.85. The van der Waals surface area contributed by atoms with Gasteiger partial charge in [-0.05, 0) is 39.8 Å². The lowest BCUT2D eigenvalue weighted by Gasteiger charge is -2.35. The van der Waals surface area contributed by atoms with Crippen LogP contribution < -0.4 is 5.32 Å². The minimum absolute atomic E-state index is 0.0388. The maximum absolute atomic E-state index is 12.5. The molecular formula is C18H32N4O3S2. The highest BCUT2D eigenvalue weighted by Crippen LogP contribution is 2.16. The third-order valence-electron chi connectivity index (χ3n) is 4.24. The van der Waals surface area contributed by atoms with Crippen molar-refractivity contribution in [3.8, 4) is 0 Å². The van der Waals surface area contributed by atoms with E-state index in [1.54, 1.807) is 15.6 Å². The summed E-state index contributed by atoms with van der Waals surface area (Å²) in [5.41, 5.74) is 0. The lowest BCUT2D eigenvalue weighted by Crippen LogP contribution is -2.54. The van der Waals surface area contributed by atoms with E-state index in [1.807, 2.05) is 20.8 Å². The van der Waals surface area contributed by atoms with Gasteiger partial charge in [-0.2, -0.15) is 4.31 Å². The van der Waals surface area contributed by atoms with Crippen molar-refractivity contribution in [1.29, 1.82) is 0 Å². The fourth-order valence-corrected chi connectivity index (χ4v) is 4.94. The number of hydrogen-bond acceptors (Lipinski definition) is 5. The van der Waals surface area contributed by atoms with Crippen LogP contribution in [0, 0.1) is 6.92 Å². The molecule has 2 rings (SSSR count). The Labute approximate surface area is 167 Å². The number of piperazine rings is 1. The molecule has 0 aromatic carbocycles. The van der Waals surface area contributed by atoms with Crippen molar-refractivity contribution in [1.82, 2.24) is 14.5 Å². The first kappa shape index (κ1) is 22.1. The smallest absolute Gasteiger partial charge is 0.216 e. The first-order valence-corrected chi connectivity index (χ1v) is 11.9. The molecule has 1 N–H and O–H groups in total. The number of thiophene rings is 1. The predicted molar refractivity (Wildman–Crippen MR) is 112 cm³/mol. The SMILES string of the molecule is CCNC(=NCc1ccc(C)s1)N1CCN(S(=O)(=O)CCOC(C)C)CC1. The van der Waals surface area contributed by atoms with Crippen LogP contribution in [0.4, 0.5) is 0 Å². The zero-order valence-electron chi connectivity index (χ0n) is 16.8. The molecule has 1 aromatic rings. The molecule has 1 aliphatic heterocycles. The van der Waals surface area contributed by atoms with Crippen LogP contribution in [0.2, 0.25) is 0 Å². The number of nitrogens with zero attached hydrogens (tertiary/aromatic N) is 3. The molecule has 9 heteroatoms. The van der Waals surface area contributed by atoms with E-state index < -0.39 is 10.0 Å². The number of ether oxygens (including phenoxy) is 1. The molecule has 0 atom stereocenters. The van der Waals surface area contributed by atoms with Gasteiger partial charge in [0.1, 0.15) is 0 Å². The van der Waals surface area contributed by atoms with E-state index in [-0.39, 0.29) is 18.5 Å². The summed E-state index contributed by atoms with van der Waals surface area (Å²) in [5.74, 6) is 0.889. The Morgan fingerprint density at radius 2 is 2.00 bits per heavy atom. The monoisotopic (exact) mass is 416 g/mol. The van der Waals surface area contributed by atoms with Gasteiger partial charge in [-0.25, -0.2) is 13.4 Å². The molecule has 1 saturated heterocycles. The summed E-state index contributed by atoms with van der Waals surface area (Å²) in [7, 11) is -3.27. The Balaban J connectivity index is 1.90. The summed E-state index contributed by atoms with van der Waals surface area (Å²) in [5, 5.41) is 3.32. The normalized spacial score (nSPS) is 16.9. The molecule has 0 saturated carbocycles. The van der Waals surface area contributed by atoms with Gasteiger partial charge in [0, 0.05) is 42.5 Å². The van der Waals surface area contributed by atoms with Crippen LogP contribution in [0.5, 0.6) is 0 Å². The standard InChI is InChI=1S/C18H32N4O3S2/c1-5-19-18(20-14-17-7-6-16(4)26-17)21-8-10-22(11-9-21)27(23,24)13-12-25-15(2)3/h6-7,15H,5,8-14H2,1-4H3,(H,19,20). The third-order valence-corrected chi connectivity index (χ3v) is 7.06. The van der Waals surface area contributed by atoms with Crippen LogP contribution in [-0.4, -0.2) is 74.8 Å². The van der Waals surface area contributed by atoms with Gasteiger partial charge >= 0.3 is 0 Å². The largest absolute Gasteiger partial charge is 0.378 e. The van der Waals surface area contributed by atoms with Gasteiger partial charge in [-0.1, -0.05) is 0 Å². The molecule has 1 aliphatic rings. The van der Waals surface area contributed by atoms with Gasteiger partial charge in [0.25, 0.3) is 0 Å². The van der Waals surface area contributed by atoms with E-state index in [1.165, 1.54) is 9.75 Å². The van der Waals surface area contributed by atoms with Crippen LogP contribution in [0.3, 0.4) is 0 Å².